The Bertz CT molecular complexity index is 2010. The molecule has 0 spiro atoms. The Kier molecular flexibility index (Phi) is 12.6. The third-order valence-corrected chi connectivity index (χ3v) is 46.0. The molecule has 52 heavy (non-hydrogen) atoms. The molecular weight excluding hydrogens is 783 g/mol. The first kappa shape index (κ1) is 41.1. The predicted molar refractivity (Wildman–Crippen MR) is 247 cm³/mol. The first-order valence-corrected chi connectivity index (χ1v) is 33.2. The zero-order valence-electron chi connectivity index (χ0n) is 35.2. The molecule has 0 aliphatic carbocycles. The maximum absolute atomic E-state index is 4.18. The van der Waals surface area contributed by atoms with E-state index in [1.807, 2.05) is 0 Å². The molecule has 0 amide bonds. The second-order valence-corrected chi connectivity index (χ2v) is 45.9. The number of hydrogen-bond donors (Lipinski definition) is 0. The molecule has 5 rings (SSSR count). The van der Waals surface area contributed by atoms with Crippen LogP contribution in [0.25, 0.3) is 42.4 Å². The van der Waals surface area contributed by atoms with Crippen molar-refractivity contribution in [3.63, 3.8) is 0 Å². The van der Waals surface area contributed by atoms with Crippen molar-refractivity contribution < 1.29 is 0 Å². The standard InChI is InChI=1S/C42H51SSi2.3C2H5.Sn/c1-27(2)44(28(3)4,29(5)6)21-18-36-38-23-33-15-13-14-16-34(33)24-39(38)37(19-22-45(30(7)8,31(9)10)32(11)12)41-26-42-35(17-20-43-42)25-40(36)41;3*1-2;/h13-17,23-32H,1-12H3;3*1H2,2H3;. The Labute approximate surface area is 327 Å². The number of thiophene rings is 1. The Hall–Kier alpha value is -2.03. The molecule has 4 heteroatoms. The fourth-order valence-electron chi connectivity index (χ4n) is 10.5. The van der Waals surface area contributed by atoms with Crippen molar-refractivity contribution in [3.8, 4) is 22.9 Å². The minimum atomic E-state index is -2.44. The van der Waals surface area contributed by atoms with Gasteiger partial charge in [0.25, 0.3) is 0 Å². The summed E-state index contributed by atoms with van der Waals surface area (Å²) < 4.78 is 7.28. The van der Waals surface area contributed by atoms with Crippen LogP contribution in [0.1, 0.15) is 115 Å². The van der Waals surface area contributed by atoms with Crippen molar-refractivity contribution in [3.05, 3.63) is 65.7 Å². The molecule has 0 saturated heterocycles. The van der Waals surface area contributed by atoms with Gasteiger partial charge in [0.05, 0.1) is 0 Å². The van der Waals surface area contributed by atoms with Gasteiger partial charge in [-0.1, -0.05) is 0 Å². The SMILES string of the molecule is C[CH2][Sn]([CH2]C)([CH2]C)[c]1cc2cc3c(C#C[Si](C(C)C)(C(C)C)C(C)C)c4cc5ccccc5cc4c(C#C[Si](C(C)C)(C(C)C)C(C)C)c3cc2s1. The molecule has 0 nitrogen and oxygen atoms in total. The van der Waals surface area contributed by atoms with Crippen LogP contribution in [-0.4, -0.2) is 34.5 Å². The van der Waals surface area contributed by atoms with Crippen LogP contribution in [0, 0.1) is 22.9 Å². The summed E-state index contributed by atoms with van der Waals surface area (Å²) in [5.74, 6) is 8.12. The molecule has 0 aliphatic rings. The molecule has 0 aliphatic heterocycles. The molecular formula is C48H66SSi2Sn. The van der Waals surface area contributed by atoms with Gasteiger partial charge in [0.2, 0.25) is 0 Å². The normalized spacial score (nSPS) is 13.1. The summed E-state index contributed by atoms with van der Waals surface area (Å²) in [5.41, 5.74) is 14.3. The summed E-state index contributed by atoms with van der Waals surface area (Å²) in [4.78, 5) is 0. The first-order chi connectivity index (χ1) is 24.5. The van der Waals surface area contributed by atoms with E-state index in [2.05, 4.69) is 193 Å². The molecule has 0 N–H and O–H groups in total. The van der Waals surface area contributed by atoms with Crippen molar-refractivity contribution in [1.29, 1.82) is 0 Å². The van der Waals surface area contributed by atoms with Crippen LogP contribution in [0.15, 0.2) is 54.6 Å². The molecule has 0 unspecified atom stereocenters. The summed E-state index contributed by atoms with van der Waals surface area (Å²) in [6, 6.07) is 21.5. The van der Waals surface area contributed by atoms with E-state index in [0.717, 1.165) is 0 Å². The fourth-order valence-corrected chi connectivity index (χ4v) is 36.2. The minimum absolute atomic E-state index is 0.577. The van der Waals surface area contributed by atoms with E-state index in [0.29, 0.717) is 33.2 Å². The average Bonchev–Trinajstić information content (AvgIpc) is 3.51. The molecule has 4 aromatic carbocycles. The van der Waals surface area contributed by atoms with Gasteiger partial charge in [0.15, 0.2) is 0 Å². The third kappa shape index (κ3) is 6.89. The van der Waals surface area contributed by atoms with Gasteiger partial charge in [-0.05, 0) is 0 Å². The van der Waals surface area contributed by atoms with Gasteiger partial charge >= 0.3 is 330 Å². The average molecular weight is 850 g/mol. The summed E-state index contributed by atoms with van der Waals surface area (Å²) in [7, 11) is -3.98. The van der Waals surface area contributed by atoms with E-state index >= 15 is 0 Å². The molecule has 0 saturated carbocycles. The van der Waals surface area contributed by atoms with Crippen molar-refractivity contribution in [1.82, 2.24) is 0 Å². The summed E-state index contributed by atoms with van der Waals surface area (Å²) >= 11 is -0.337. The van der Waals surface area contributed by atoms with Crippen LogP contribution >= 0.6 is 11.3 Å². The van der Waals surface area contributed by atoms with Crippen molar-refractivity contribution in [2.45, 2.75) is 150 Å². The van der Waals surface area contributed by atoms with E-state index in [9.17, 15) is 0 Å². The fraction of sp³-hybridized carbons (Fsp3) is 0.500. The summed E-state index contributed by atoms with van der Waals surface area (Å²) in [6.45, 7) is 36.6. The molecule has 1 aromatic heterocycles. The molecule has 0 bridgehead atoms. The van der Waals surface area contributed by atoms with E-state index in [1.54, 1.807) is 2.89 Å². The monoisotopic (exact) mass is 850 g/mol. The topological polar surface area (TPSA) is 0 Å². The molecule has 0 fully saturated rings. The van der Waals surface area contributed by atoms with E-state index < -0.39 is 34.5 Å². The summed E-state index contributed by atoms with van der Waals surface area (Å²) in [5, 5.41) is 9.10. The van der Waals surface area contributed by atoms with Crippen molar-refractivity contribution >= 4 is 91.2 Å². The van der Waals surface area contributed by atoms with Gasteiger partial charge < -0.3 is 0 Å². The zero-order valence-corrected chi connectivity index (χ0v) is 40.9. The molecule has 0 atom stereocenters. The molecule has 276 valence electrons. The molecule has 1 heterocycles. The van der Waals surface area contributed by atoms with Gasteiger partial charge in [-0.25, -0.2) is 0 Å². The van der Waals surface area contributed by atoms with Gasteiger partial charge in [-0.2, -0.15) is 0 Å². The summed E-state index contributed by atoms with van der Waals surface area (Å²) in [6.07, 6.45) is 0. The van der Waals surface area contributed by atoms with Gasteiger partial charge in [0, 0.05) is 0 Å². The Morgan fingerprint density at radius 1 is 0.500 bits per heavy atom. The number of benzene rings is 4. The first-order valence-electron chi connectivity index (χ1n) is 20.5. The van der Waals surface area contributed by atoms with Crippen molar-refractivity contribution in [2.75, 3.05) is 0 Å². The number of hydrogen-bond acceptors (Lipinski definition) is 1. The van der Waals surface area contributed by atoms with Crippen LogP contribution in [-0.2, 0) is 0 Å². The van der Waals surface area contributed by atoms with Gasteiger partial charge in [0.1, 0.15) is 0 Å². The number of fused-ring (bicyclic) bond motifs is 4. The van der Waals surface area contributed by atoms with Crippen LogP contribution in [0.4, 0.5) is 0 Å². The van der Waals surface area contributed by atoms with Gasteiger partial charge in [-0.15, -0.1) is 0 Å². The molecule has 5 aromatic rings. The number of rotatable bonds is 10. The van der Waals surface area contributed by atoms with Crippen LogP contribution in [0.3, 0.4) is 0 Å². The van der Waals surface area contributed by atoms with E-state index in [-0.39, 0.29) is 0 Å². The van der Waals surface area contributed by atoms with Crippen LogP contribution in [0.2, 0.25) is 46.6 Å². The second kappa shape index (κ2) is 16.0. The van der Waals surface area contributed by atoms with Crippen LogP contribution < -0.4 is 2.89 Å². The van der Waals surface area contributed by atoms with E-state index in [1.165, 1.54) is 66.8 Å². The third-order valence-electron chi connectivity index (χ3n) is 13.7. The molecule has 0 radical (unpaired) electrons. The van der Waals surface area contributed by atoms with Gasteiger partial charge in [-0.3, -0.25) is 0 Å². The van der Waals surface area contributed by atoms with Crippen LogP contribution in [0.5, 0.6) is 0 Å². The Morgan fingerprint density at radius 3 is 1.19 bits per heavy atom. The van der Waals surface area contributed by atoms with E-state index in [4.69, 9.17) is 0 Å². The zero-order chi connectivity index (χ0) is 38.3. The maximum atomic E-state index is 4.18. The quantitative estimate of drug-likeness (QED) is 0.0746. The predicted octanol–water partition coefficient (Wildman–Crippen LogP) is 15.2. The van der Waals surface area contributed by atoms with Crippen molar-refractivity contribution in [2.24, 2.45) is 0 Å². The Balaban J connectivity index is 2.05. The Morgan fingerprint density at radius 2 is 0.846 bits per heavy atom. The second-order valence-electron chi connectivity index (χ2n) is 17.7.